The number of benzene rings is 2. The number of thiazole rings is 1. The van der Waals surface area contributed by atoms with Gasteiger partial charge in [0.1, 0.15) is 0 Å². The normalized spacial score (nSPS) is 10.9. The first kappa shape index (κ1) is 25.7. The van der Waals surface area contributed by atoms with Crippen LogP contribution in [0, 0.1) is 13.8 Å². The number of aromatic nitrogens is 3. The Bertz CT molecular complexity index is 1270. The van der Waals surface area contributed by atoms with Crippen molar-refractivity contribution in [1.29, 1.82) is 0 Å². The van der Waals surface area contributed by atoms with E-state index >= 15 is 0 Å². The van der Waals surface area contributed by atoms with Crippen molar-refractivity contribution in [2.75, 3.05) is 17.7 Å². The Kier molecular flexibility index (Phi) is 8.56. The molecule has 0 aliphatic heterocycles. The lowest BCUT2D eigenvalue weighted by Gasteiger charge is -2.04. The zero-order valence-corrected chi connectivity index (χ0v) is 22.1. The Labute approximate surface area is 218 Å². The van der Waals surface area contributed by atoms with Gasteiger partial charge in [-0.05, 0) is 20.8 Å². The average molecular weight is 521 g/mol. The molecule has 0 saturated carbocycles. The third-order valence-corrected chi connectivity index (χ3v) is 7.03. The van der Waals surface area contributed by atoms with Crippen molar-refractivity contribution in [2.24, 2.45) is 0 Å². The molecule has 0 radical (unpaired) electrons. The lowest BCUT2D eigenvalue weighted by molar-refractivity contribution is -0.142. The molecule has 4 rings (SSSR count). The maximum Gasteiger partial charge on any atom is 0.311 e. The molecule has 0 bridgehead atoms. The van der Waals surface area contributed by atoms with Crippen molar-refractivity contribution in [3.63, 3.8) is 0 Å². The van der Waals surface area contributed by atoms with E-state index in [2.05, 4.69) is 77.7 Å². The number of thioether (sulfide) groups is 1. The molecule has 2 aromatic heterocycles. The summed E-state index contributed by atoms with van der Waals surface area (Å²) in [7, 11) is 0. The van der Waals surface area contributed by atoms with E-state index in [-0.39, 0.29) is 18.3 Å². The maximum absolute atomic E-state index is 12.4. The molecular weight excluding hydrogens is 492 g/mol. The van der Waals surface area contributed by atoms with Crippen molar-refractivity contribution in [1.82, 2.24) is 15.0 Å². The predicted molar refractivity (Wildman–Crippen MR) is 145 cm³/mol. The van der Waals surface area contributed by atoms with Crippen LogP contribution in [0.5, 0.6) is 0 Å². The molecule has 0 fully saturated rings. The van der Waals surface area contributed by atoms with Gasteiger partial charge in [0.05, 0.1) is 30.1 Å². The van der Waals surface area contributed by atoms with Gasteiger partial charge in [-0.15, -0.1) is 11.3 Å². The van der Waals surface area contributed by atoms with Gasteiger partial charge >= 0.3 is 5.97 Å². The summed E-state index contributed by atoms with van der Waals surface area (Å²) in [5, 5.41) is 5.80. The fraction of sp³-hybridized carbons (Fsp3) is 0.259. The summed E-state index contributed by atoms with van der Waals surface area (Å²) in [6, 6.07) is 16.7. The first-order valence-electron chi connectivity index (χ1n) is 11.7. The topological polar surface area (TPSA) is 97.0 Å². The summed E-state index contributed by atoms with van der Waals surface area (Å²) in [5.41, 5.74) is 6.94. The summed E-state index contributed by atoms with van der Waals surface area (Å²) >= 11 is 2.80. The van der Waals surface area contributed by atoms with Gasteiger partial charge in [-0.3, -0.25) is 9.59 Å². The van der Waals surface area contributed by atoms with E-state index in [1.807, 2.05) is 0 Å². The molecule has 1 amide bonds. The van der Waals surface area contributed by atoms with Crippen molar-refractivity contribution in [3.05, 3.63) is 70.7 Å². The lowest BCUT2D eigenvalue weighted by atomic mass is 10.0. The zero-order chi connectivity index (χ0) is 25.5. The standard InChI is InChI=1S/C27H28N4O3S2/c1-4-34-23(33)15-21-16-36-26(28-21)29-22(32)13-14-35-27-30-24(19-9-5-17(2)6-10-19)25(31-27)20-11-7-18(3)8-12-20/h5-12,16H,4,13-15H2,1-3H3,(H,30,31)(H,28,29,32). The monoisotopic (exact) mass is 520 g/mol. The van der Waals surface area contributed by atoms with Crippen LogP contribution in [0.3, 0.4) is 0 Å². The van der Waals surface area contributed by atoms with E-state index in [0.29, 0.717) is 29.6 Å². The van der Waals surface area contributed by atoms with Gasteiger partial charge in [-0.1, -0.05) is 71.4 Å². The van der Waals surface area contributed by atoms with Gasteiger partial charge in [-0.2, -0.15) is 0 Å². The Balaban J connectivity index is 1.39. The molecule has 2 heterocycles. The van der Waals surface area contributed by atoms with Gasteiger partial charge in [0.2, 0.25) is 5.91 Å². The molecule has 4 aromatic rings. The lowest BCUT2D eigenvalue weighted by Crippen LogP contribution is -2.12. The molecule has 0 atom stereocenters. The summed E-state index contributed by atoms with van der Waals surface area (Å²) in [4.78, 5) is 36.6. The largest absolute Gasteiger partial charge is 0.466 e. The highest BCUT2D eigenvalue weighted by Crippen LogP contribution is 2.33. The maximum atomic E-state index is 12.4. The highest BCUT2D eigenvalue weighted by atomic mass is 32.2. The fourth-order valence-electron chi connectivity index (χ4n) is 3.50. The number of H-pyrrole nitrogens is 1. The first-order chi connectivity index (χ1) is 17.4. The van der Waals surface area contributed by atoms with Crippen molar-refractivity contribution in [2.45, 2.75) is 38.8 Å². The van der Waals surface area contributed by atoms with Gasteiger partial charge in [0, 0.05) is 28.7 Å². The number of hydrogen-bond acceptors (Lipinski definition) is 7. The van der Waals surface area contributed by atoms with Crippen molar-refractivity contribution < 1.29 is 14.3 Å². The smallest absolute Gasteiger partial charge is 0.311 e. The van der Waals surface area contributed by atoms with Crippen LogP contribution in [0.1, 0.15) is 30.2 Å². The van der Waals surface area contributed by atoms with Crippen LogP contribution in [0.15, 0.2) is 59.1 Å². The molecule has 2 aromatic carbocycles. The second-order valence-electron chi connectivity index (χ2n) is 8.27. The number of nitrogens with one attached hydrogen (secondary N) is 2. The van der Waals surface area contributed by atoms with Crippen LogP contribution in [-0.4, -0.2) is 39.2 Å². The van der Waals surface area contributed by atoms with E-state index in [4.69, 9.17) is 9.72 Å². The van der Waals surface area contributed by atoms with Crippen LogP contribution < -0.4 is 5.32 Å². The third kappa shape index (κ3) is 6.83. The molecule has 0 aliphatic rings. The second-order valence-corrected chi connectivity index (χ2v) is 10.2. The number of anilines is 1. The molecule has 36 heavy (non-hydrogen) atoms. The van der Waals surface area contributed by atoms with E-state index in [1.165, 1.54) is 34.2 Å². The number of nitrogens with zero attached hydrogens (tertiary/aromatic N) is 2. The number of rotatable bonds is 10. The molecule has 0 spiro atoms. The molecule has 186 valence electrons. The van der Waals surface area contributed by atoms with Gasteiger partial charge in [-0.25, -0.2) is 9.97 Å². The summed E-state index contributed by atoms with van der Waals surface area (Å²) in [6.07, 6.45) is 0.402. The zero-order valence-electron chi connectivity index (χ0n) is 20.5. The predicted octanol–water partition coefficient (Wildman–Crippen LogP) is 6.04. The minimum atomic E-state index is -0.328. The Hall–Kier alpha value is -3.43. The van der Waals surface area contributed by atoms with Crippen LogP contribution in [-0.2, 0) is 20.7 Å². The van der Waals surface area contributed by atoms with Crippen LogP contribution in [0.4, 0.5) is 5.13 Å². The molecule has 0 unspecified atom stereocenters. The van der Waals surface area contributed by atoms with Crippen molar-refractivity contribution >= 4 is 40.1 Å². The number of imidazole rings is 1. The Morgan fingerprint density at radius 2 is 1.67 bits per heavy atom. The number of carbonyl (C=O) groups excluding carboxylic acids is 2. The van der Waals surface area contributed by atoms with Gasteiger partial charge in [0.25, 0.3) is 0 Å². The minimum Gasteiger partial charge on any atom is -0.466 e. The van der Waals surface area contributed by atoms with Gasteiger partial charge < -0.3 is 15.0 Å². The van der Waals surface area contributed by atoms with Crippen molar-refractivity contribution in [3.8, 4) is 22.5 Å². The summed E-state index contributed by atoms with van der Waals surface area (Å²) in [5.74, 6) is 0.0929. The highest BCUT2D eigenvalue weighted by Gasteiger charge is 2.16. The van der Waals surface area contributed by atoms with E-state index in [9.17, 15) is 9.59 Å². The number of ether oxygens (including phenoxy) is 1. The Morgan fingerprint density at radius 3 is 2.33 bits per heavy atom. The number of hydrogen-bond donors (Lipinski definition) is 2. The van der Waals surface area contributed by atoms with Crippen LogP contribution in [0.25, 0.3) is 22.5 Å². The third-order valence-electron chi connectivity index (χ3n) is 5.34. The number of carbonyl (C=O) groups is 2. The van der Waals surface area contributed by atoms with E-state index < -0.39 is 0 Å². The fourth-order valence-corrected chi connectivity index (χ4v) is 5.03. The van der Waals surface area contributed by atoms with Crippen LogP contribution in [0.2, 0.25) is 0 Å². The minimum absolute atomic E-state index is 0.0984. The second kappa shape index (κ2) is 12.0. The number of aryl methyl sites for hydroxylation is 2. The number of esters is 1. The quantitative estimate of drug-likeness (QED) is 0.195. The van der Waals surface area contributed by atoms with Crippen LogP contribution >= 0.6 is 23.1 Å². The molecular formula is C27H28N4O3S2. The molecule has 0 aliphatic carbocycles. The molecule has 7 nitrogen and oxygen atoms in total. The SMILES string of the molecule is CCOC(=O)Cc1csc(NC(=O)CCSc2nc(-c3ccc(C)cc3)c(-c3ccc(C)cc3)[nH]2)n1. The number of aromatic amines is 1. The van der Waals surface area contributed by atoms with E-state index in [1.54, 1.807) is 12.3 Å². The van der Waals surface area contributed by atoms with Gasteiger partial charge in [0.15, 0.2) is 10.3 Å². The molecule has 0 saturated heterocycles. The Morgan fingerprint density at radius 1 is 1.00 bits per heavy atom. The average Bonchev–Trinajstić information content (AvgIpc) is 3.47. The first-order valence-corrected chi connectivity index (χ1v) is 13.5. The number of amides is 1. The molecule has 2 N–H and O–H groups in total. The summed E-state index contributed by atoms with van der Waals surface area (Å²) in [6.45, 7) is 6.22. The highest BCUT2D eigenvalue weighted by molar-refractivity contribution is 7.99. The summed E-state index contributed by atoms with van der Waals surface area (Å²) < 4.78 is 4.93. The van der Waals surface area contributed by atoms with E-state index in [0.717, 1.165) is 27.7 Å². The molecule has 9 heteroatoms.